The molecule has 0 saturated carbocycles. The highest BCUT2D eigenvalue weighted by molar-refractivity contribution is 5.92. The summed E-state index contributed by atoms with van der Waals surface area (Å²) in [5, 5.41) is 9.74. The second-order valence-corrected chi connectivity index (χ2v) is 4.64. The van der Waals surface area contributed by atoms with E-state index in [1.165, 1.54) is 0 Å². The van der Waals surface area contributed by atoms with Crippen LogP contribution in [0.15, 0.2) is 30.3 Å². The van der Waals surface area contributed by atoms with Crippen molar-refractivity contribution in [1.82, 2.24) is 15.5 Å². The van der Waals surface area contributed by atoms with Crippen molar-refractivity contribution in [2.24, 2.45) is 0 Å². The van der Waals surface area contributed by atoms with E-state index in [0.717, 1.165) is 23.4 Å². The first-order valence-electron chi connectivity index (χ1n) is 6.28. The molecule has 1 aromatic carbocycles. The minimum Gasteiger partial charge on any atom is -0.493 e. The van der Waals surface area contributed by atoms with E-state index in [4.69, 9.17) is 4.74 Å². The number of H-pyrrole nitrogens is 1. The zero-order valence-electron chi connectivity index (χ0n) is 10.6. The highest BCUT2D eigenvalue weighted by Gasteiger charge is 2.23. The van der Waals surface area contributed by atoms with E-state index in [2.05, 4.69) is 15.5 Å². The van der Waals surface area contributed by atoms with Gasteiger partial charge in [0.25, 0.3) is 5.91 Å². The molecule has 5 nitrogen and oxygen atoms in total. The van der Waals surface area contributed by atoms with Crippen molar-refractivity contribution in [1.29, 1.82) is 0 Å². The number of aryl methyl sites for hydroxylation is 1. The molecule has 1 aliphatic rings. The van der Waals surface area contributed by atoms with Gasteiger partial charge in [-0.1, -0.05) is 18.2 Å². The van der Waals surface area contributed by atoms with Gasteiger partial charge in [0.15, 0.2) is 0 Å². The van der Waals surface area contributed by atoms with Gasteiger partial charge in [0.1, 0.15) is 11.4 Å². The Morgan fingerprint density at radius 2 is 2.32 bits per heavy atom. The number of rotatable bonds is 2. The molecule has 1 amide bonds. The van der Waals surface area contributed by atoms with Crippen LogP contribution in [0.2, 0.25) is 0 Å². The fourth-order valence-electron chi connectivity index (χ4n) is 2.26. The first-order valence-corrected chi connectivity index (χ1v) is 6.28. The number of nitrogens with zero attached hydrogens (tertiary/aromatic N) is 1. The van der Waals surface area contributed by atoms with Gasteiger partial charge in [-0.2, -0.15) is 5.10 Å². The molecule has 1 aromatic heterocycles. The molecule has 1 unspecified atom stereocenters. The molecule has 0 bridgehead atoms. The molecule has 0 aliphatic carbocycles. The molecule has 1 aliphatic heterocycles. The smallest absolute Gasteiger partial charge is 0.272 e. The van der Waals surface area contributed by atoms with Gasteiger partial charge in [-0.25, -0.2) is 0 Å². The maximum Gasteiger partial charge on any atom is 0.272 e. The van der Waals surface area contributed by atoms with Crippen LogP contribution in [0, 0.1) is 6.92 Å². The minimum absolute atomic E-state index is 0.0190. The van der Waals surface area contributed by atoms with Crippen molar-refractivity contribution in [3.8, 4) is 5.75 Å². The van der Waals surface area contributed by atoms with Crippen molar-refractivity contribution in [2.75, 3.05) is 6.61 Å². The third-order valence-corrected chi connectivity index (χ3v) is 3.20. The van der Waals surface area contributed by atoms with Crippen LogP contribution in [0.4, 0.5) is 0 Å². The summed E-state index contributed by atoms with van der Waals surface area (Å²) in [5.74, 6) is 0.684. The Hall–Kier alpha value is -2.30. The number of para-hydroxylation sites is 1. The number of aromatic amines is 1. The normalized spacial score (nSPS) is 17.4. The Morgan fingerprint density at radius 3 is 3.11 bits per heavy atom. The second kappa shape index (κ2) is 4.76. The summed E-state index contributed by atoms with van der Waals surface area (Å²) in [6, 6.07) is 9.50. The quantitative estimate of drug-likeness (QED) is 0.864. The molecule has 0 saturated heterocycles. The van der Waals surface area contributed by atoms with Gasteiger partial charge in [-0.15, -0.1) is 0 Å². The number of carbonyl (C=O) groups excluding carboxylic acids is 1. The Bertz CT molecular complexity index is 606. The van der Waals surface area contributed by atoms with Gasteiger partial charge in [0, 0.05) is 17.7 Å². The zero-order valence-corrected chi connectivity index (χ0v) is 10.6. The molecular formula is C14H15N3O2. The van der Waals surface area contributed by atoms with E-state index in [-0.39, 0.29) is 11.9 Å². The largest absolute Gasteiger partial charge is 0.493 e. The summed E-state index contributed by atoms with van der Waals surface area (Å²) in [7, 11) is 0. The summed E-state index contributed by atoms with van der Waals surface area (Å²) in [5.41, 5.74) is 2.31. The van der Waals surface area contributed by atoms with Crippen molar-refractivity contribution in [3.63, 3.8) is 0 Å². The monoisotopic (exact) mass is 257 g/mol. The second-order valence-electron chi connectivity index (χ2n) is 4.64. The lowest BCUT2D eigenvalue weighted by atomic mass is 10.0. The highest BCUT2D eigenvalue weighted by Crippen LogP contribution is 2.31. The van der Waals surface area contributed by atoms with Gasteiger partial charge in [-0.3, -0.25) is 9.89 Å². The average Bonchev–Trinajstić information content (AvgIpc) is 2.86. The van der Waals surface area contributed by atoms with Crippen LogP contribution in [-0.2, 0) is 0 Å². The third-order valence-electron chi connectivity index (χ3n) is 3.20. The third kappa shape index (κ3) is 2.31. The molecule has 98 valence electrons. The Morgan fingerprint density at radius 1 is 1.47 bits per heavy atom. The summed E-state index contributed by atoms with van der Waals surface area (Å²) >= 11 is 0. The number of benzene rings is 1. The molecule has 0 radical (unpaired) electrons. The molecule has 0 fully saturated rings. The van der Waals surface area contributed by atoms with Crippen molar-refractivity contribution >= 4 is 5.91 Å². The van der Waals surface area contributed by atoms with Crippen molar-refractivity contribution in [2.45, 2.75) is 19.4 Å². The lowest BCUT2D eigenvalue weighted by Crippen LogP contribution is -2.32. The molecule has 2 heterocycles. The summed E-state index contributed by atoms with van der Waals surface area (Å²) in [6.45, 7) is 2.48. The van der Waals surface area contributed by atoms with E-state index in [0.29, 0.717) is 12.3 Å². The topological polar surface area (TPSA) is 67.0 Å². The average molecular weight is 257 g/mol. The number of nitrogens with one attached hydrogen (secondary N) is 2. The van der Waals surface area contributed by atoms with Crippen molar-refractivity contribution < 1.29 is 9.53 Å². The Kier molecular flexibility index (Phi) is 2.95. The predicted octanol–water partition coefficient (Wildman–Crippen LogP) is 1.97. The highest BCUT2D eigenvalue weighted by atomic mass is 16.5. The number of carbonyl (C=O) groups is 1. The lowest BCUT2D eigenvalue weighted by Gasteiger charge is -2.26. The number of hydrogen-bond donors (Lipinski definition) is 2. The lowest BCUT2D eigenvalue weighted by molar-refractivity contribution is 0.0919. The van der Waals surface area contributed by atoms with Gasteiger partial charge in [-0.05, 0) is 19.1 Å². The predicted molar refractivity (Wildman–Crippen MR) is 70.1 cm³/mol. The zero-order chi connectivity index (χ0) is 13.2. The Balaban J connectivity index is 1.79. The first kappa shape index (κ1) is 11.8. The number of aromatic nitrogens is 2. The van der Waals surface area contributed by atoms with Crippen molar-refractivity contribution in [3.05, 3.63) is 47.3 Å². The number of amides is 1. The SMILES string of the molecule is Cc1cc(C(=O)NC2CCOc3ccccc32)n[nH]1. The minimum atomic E-state index is -0.161. The van der Waals surface area contributed by atoms with E-state index in [1.807, 2.05) is 31.2 Å². The number of hydrogen-bond acceptors (Lipinski definition) is 3. The molecular weight excluding hydrogens is 242 g/mol. The molecule has 2 aromatic rings. The van der Waals surface area contributed by atoms with Crippen LogP contribution < -0.4 is 10.1 Å². The van der Waals surface area contributed by atoms with Crippen LogP contribution in [0.5, 0.6) is 5.75 Å². The summed E-state index contributed by atoms with van der Waals surface area (Å²) < 4.78 is 5.57. The maximum atomic E-state index is 12.1. The van der Waals surface area contributed by atoms with Gasteiger partial charge in [0.2, 0.25) is 0 Å². The summed E-state index contributed by atoms with van der Waals surface area (Å²) in [4.78, 5) is 12.1. The summed E-state index contributed by atoms with van der Waals surface area (Å²) in [6.07, 6.45) is 0.770. The van der Waals surface area contributed by atoms with E-state index in [1.54, 1.807) is 6.07 Å². The molecule has 2 N–H and O–H groups in total. The van der Waals surface area contributed by atoms with Crippen LogP contribution in [0.3, 0.4) is 0 Å². The van der Waals surface area contributed by atoms with Crippen LogP contribution in [0.25, 0.3) is 0 Å². The standard InChI is InChI=1S/C14H15N3O2/c1-9-8-12(17-16-9)14(18)15-11-6-7-19-13-5-3-2-4-10(11)13/h2-5,8,11H,6-7H2,1H3,(H,15,18)(H,16,17). The van der Waals surface area contributed by atoms with Gasteiger partial charge in [0.05, 0.1) is 12.6 Å². The molecule has 19 heavy (non-hydrogen) atoms. The maximum absolute atomic E-state index is 12.1. The van der Waals surface area contributed by atoms with E-state index < -0.39 is 0 Å². The molecule has 3 rings (SSSR count). The first-order chi connectivity index (χ1) is 9.24. The number of ether oxygens (including phenoxy) is 1. The molecule has 5 heteroatoms. The van der Waals surface area contributed by atoms with Crippen LogP contribution in [-0.4, -0.2) is 22.7 Å². The van der Waals surface area contributed by atoms with Gasteiger partial charge < -0.3 is 10.1 Å². The fraction of sp³-hybridized carbons (Fsp3) is 0.286. The van der Waals surface area contributed by atoms with E-state index >= 15 is 0 Å². The molecule has 0 spiro atoms. The van der Waals surface area contributed by atoms with Crippen LogP contribution in [0.1, 0.15) is 34.2 Å². The number of fused-ring (bicyclic) bond motifs is 1. The fourth-order valence-corrected chi connectivity index (χ4v) is 2.26. The van der Waals surface area contributed by atoms with Crippen LogP contribution >= 0.6 is 0 Å². The Labute approximate surface area is 111 Å². The van der Waals surface area contributed by atoms with Gasteiger partial charge >= 0.3 is 0 Å². The van der Waals surface area contributed by atoms with E-state index in [9.17, 15) is 4.79 Å². The molecule has 1 atom stereocenters.